The fourth-order valence-electron chi connectivity index (χ4n) is 1.99. The number of nitrogens with one attached hydrogen (secondary N) is 2. The molecule has 98 valence electrons. The maximum Gasteiger partial charge on any atom is 0.239 e. The molecular weight excluding hydrogens is 260 g/mol. The highest BCUT2D eigenvalue weighted by Crippen LogP contribution is 2.28. The van der Waals surface area contributed by atoms with Gasteiger partial charge in [0, 0.05) is 5.39 Å². The van der Waals surface area contributed by atoms with Gasteiger partial charge < -0.3 is 5.32 Å². The summed E-state index contributed by atoms with van der Waals surface area (Å²) in [4.78, 5) is 16.2. The number of thioether (sulfide) groups is 1. The second-order valence-corrected chi connectivity index (χ2v) is 5.96. The van der Waals surface area contributed by atoms with Crippen molar-refractivity contribution in [2.75, 3.05) is 0 Å². The Bertz CT molecular complexity index is 661. The average molecular weight is 274 g/mol. The van der Waals surface area contributed by atoms with E-state index < -0.39 is 0 Å². The lowest BCUT2D eigenvalue weighted by atomic mass is 10.1. The number of hydrogen-bond acceptors (Lipinski definition) is 4. The summed E-state index contributed by atoms with van der Waals surface area (Å²) in [5.41, 5.74) is 1.80. The predicted octanol–water partition coefficient (Wildman–Crippen LogP) is 2.44. The zero-order valence-electron chi connectivity index (χ0n) is 10.7. The Morgan fingerprint density at radius 3 is 3.00 bits per heavy atom. The molecule has 1 fully saturated rings. The second-order valence-electron chi connectivity index (χ2n) is 4.83. The van der Waals surface area contributed by atoms with E-state index in [1.165, 1.54) is 11.8 Å². The molecule has 1 atom stereocenters. The minimum atomic E-state index is -0.0450. The molecule has 3 rings (SSSR count). The summed E-state index contributed by atoms with van der Waals surface area (Å²) in [5, 5.41) is 11.3. The summed E-state index contributed by atoms with van der Waals surface area (Å²) in [7, 11) is 0. The number of nitrogens with zero attached hydrogens (tertiary/aromatic N) is 2. The maximum atomic E-state index is 11.8. The number of aliphatic imine (C=N–C) groups is 1. The molecule has 5 nitrogen and oxygen atoms in total. The third kappa shape index (κ3) is 2.35. The quantitative estimate of drug-likeness (QED) is 0.883. The Morgan fingerprint density at radius 2 is 2.26 bits per heavy atom. The lowest BCUT2D eigenvalue weighted by molar-refractivity contribution is -0.119. The average Bonchev–Trinajstić information content (AvgIpc) is 2.95. The Morgan fingerprint density at radius 1 is 1.42 bits per heavy atom. The van der Waals surface area contributed by atoms with E-state index in [-0.39, 0.29) is 11.2 Å². The van der Waals surface area contributed by atoms with E-state index in [1.54, 1.807) is 6.20 Å². The summed E-state index contributed by atoms with van der Waals surface area (Å²) in [5.74, 6) is 0.345. The monoisotopic (exact) mass is 274 g/mol. The molecule has 19 heavy (non-hydrogen) atoms. The van der Waals surface area contributed by atoms with Crippen molar-refractivity contribution in [2.24, 2.45) is 10.9 Å². The zero-order chi connectivity index (χ0) is 13.4. The highest BCUT2D eigenvalue weighted by atomic mass is 32.2. The molecule has 1 amide bonds. The van der Waals surface area contributed by atoms with Gasteiger partial charge in [-0.2, -0.15) is 5.10 Å². The van der Waals surface area contributed by atoms with E-state index in [4.69, 9.17) is 0 Å². The fourth-order valence-corrected chi connectivity index (χ4v) is 2.99. The molecule has 0 bridgehead atoms. The fraction of sp³-hybridized carbons (Fsp3) is 0.308. The third-order valence-corrected chi connectivity index (χ3v) is 4.42. The topological polar surface area (TPSA) is 70.1 Å². The van der Waals surface area contributed by atoms with Gasteiger partial charge in [0.1, 0.15) is 0 Å². The number of aromatic amines is 1. The van der Waals surface area contributed by atoms with Gasteiger partial charge in [0.2, 0.25) is 5.91 Å². The van der Waals surface area contributed by atoms with E-state index >= 15 is 0 Å². The molecule has 1 aliphatic rings. The van der Waals surface area contributed by atoms with E-state index in [1.807, 2.05) is 32.0 Å². The van der Waals surface area contributed by atoms with Crippen molar-refractivity contribution < 1.29 is 4.79 Å². The molecular formula is C13H14N4OS. The Labute approximate surface area is 114 Å². The van der Waals surface area contributed by atoms with Crippen molar-refractivity contribution in [3.8, 4) is 0 Å². The van der Waals surface area contributed by atoms with E-state index in [9.17, 15) is 4.79 Å². The van der Waals surface area contributed by atoms with Crippen molar-refractivity contribution in [1.29, 1.82) is 0 Å². The number of aromatic nitrogens is 2. The number of carbonyl (C=O) groups is 1. The molecule has 1 saturated heterocycles. The molecule has 2 aromatic rings. The van der Waals surface area contributed by atoms with Gasteiger partial charge in [-0.1, -0.05) is 25.6 Å². The molecule has 1 aliphatic heterocycles. The summed E-state index contributed by atoms with van der Waals surface area (Å²) >= 11 is 1.50. The van der Waals surface area contributed by atoms with E-state index in [2.05, 4.69) is 20.5 Å². The van der Waals surface area contributed by atoms with Crippen molar-refractivity contribution >= 4 is 39.4 Å². The minimum absolute atomic E-state index is 0.0446. The summed E-state index contributed by atoms with van der Waals surface area (Å²) in [6.45, 7) is 4.08. The number of carbonyl (C=O) groups excluding carboxylic acids is 1. The van der Waals surface area contributed by atoms with Crippen LogP contribution >= 0.6 is 11.8 Å². The van der Waals surface area contributed by atoms with Crippen LogP contribution in [0.1, 0.15) is 13.8 Å². The summed E-state index contributed by atoms with van der Waals surface area (Å²) < 4.78 is 0. The van der Waals surface area contributed by atoms with Crippen LogP contribution < -0.4 is 5.32 Å². The second kappa shape index (κ2) is 4.70. The van der Waals surface area contributed by atoms with Crippen LogP contribution in [0.15, 0.2) is 29.4 Å². The largest absolute Gasteiger partial charge is 0.304 e. The molecule has 2 N–H and O–H groups in total. The number of H-pyrrole nitrogens is 1. The standard InChI is InChI=1S/C13H14N4OS/c1-7(2)11-12(18)16-13(19-11)15-9-3-4-10-8(5-9)6-14-17-10/h3-7,11H,1-2H3,(H,14,17)(H,15,16,18). The number of amidine groups is 1. The van der Waals surface area contributed by atoms with Crippen LogP contribution in [0.2, 0.25) is 0 Å². The minimum Gasteiger partial charge on any atom is -0.304 e. The van der Waals surface area contributed by atoms with Gasteiger partial charge in [-0.05, 0) is 24.1 Å². The number of benzene rings is 1. The van der Waals surface area contributed by atoms with E-state index in [0.717, 1.165) is 16.6 Å². The van der Waals surface area contributed by atoms with Gasteiger partial charge >= 0.3 is 0 Å². The highest BCUT2D eigenvalue weighted by Gasteiger charge is 2.32. The molecule has 0 radical (unpaired) electrons. The SMILES string of the molecule is CC(C)C1SC(=Nc2ccc3[nH]ncc3c2)NC1=O. The lowest BCUT2D eigenvalue weighted by Gasteiger charge is -2.07. The molecule has 2 heterocycles. The normalized spacial score (nSPS) is 21.5. The Hall–Kier alpha value is -1.82. The first kappa shape index (κ1) is 12.2. The van der Waals surface area contributed by atoms with Gasteiger partial charge in [0.05, 0.1) is 22.7 Å². The van der Waals surface area contributed by atoms with Gasteiger partial charge in [-0.25, -0.2) is 4.99 Å². The number of amides is 1. The molecule has 1 unspecified atom stereocenters. The molecule has 0 saturated carbocycles. The van der Waals surface area contributed by atoms with Gasteiger partial charge in [-0.3, -0.25) is 9.89 Å². The molecule has 6 heteroatoms. The number of hydrogen-bond donors (Lipinski definition) is 2. The van der Waals surface area contributed by atoms with Gasteiger partial charge in [0.25, 0.3) is 0 Å². The lowest BCUT2D eigenvalue weighted by Crippen LogP contribution is -2.27. The number of rotatable bonds is 2. The predicted molar refractivity (Wildman–Crippen MR) is 77.5 cm³/mol. The Balaban J connectivity index is 1.87. The molecule has 1 aromatic carbocycles. The Kier molecular flexibility index (Phi) is 3.02. The van der Waals surface area contributed by atoms with E-state index in [0.29, 0.717) is 11.1 Å². The first-order valence-corrected chi connectivity index (χ1v) is 7.01. The molecule has 0 aliphatic carbocycles. The zero-order valence-corrected chi connectivity index (χ0v) is 11.5. The summed E-state index contributed by atoms with van der Waals surface area (Å²) in [6, 6.07) is 5.78. The highest BCUT2D eigenvalue weighted by molar-refractivity contribution is 8.15. The van der Waals surface area contributed by atoms with Crippen LogP contribution in [0.25, 0.3) is 10.9 Å². The van der Waals surface area contributed by atoms with Crippen molar-refractivity contribution in [3.63, 3.8) is 0 Å². The summed E-state index contributed by atoms with van der Waals surface area (Å²) in [6.07, 6.45) is 1.76. The first-order valence-electron chi connectivity index (χ1n) is 6.13. The van der Waals surface area contributed by atoms with Crippen LogP contribution in [0, 0.1) is 5.92 Å². The van der Waals surface area contributed by atoms with Crippen LogP contribution in [-0.2, 0) is 4.79 Å². The first-order chi connectivity index (χ1) is 9.13. The third-order valence-electron chi connectivity index (χ3n) is 2.99. The van der Waals surface area contributed by atoms with Crippen molar-refractivity contribution in [1.82, 2.24) is 15.5 Å². The van der Waals surface area contributed by atoms with Crippen molar-refractivity contribution in [2.45, 2.75) is 19.1 Å². The van der Waals surface area contributed by atoms with Crippen LogP contribution in [-0.4, -0.2) is 26.5 Å². The smallest absolute Gasteiger partial charge is 0.239 e. The maximum absolute atomic E-state index is 11.8. The van der Waals surface area contributed by atoms with Crippen LogP contribution in [0.5, 0.6) is 0 Å². The number of fused-ring (bicyclic) bond motifs is 1. The van der Waals surface area contributed by atoms with Crippen LogP contribution in [0.3, 0.4) is 0 Å². The molecule has 0 spiro atoms. The van der Waals surface area contributed by atoms with Crippen LogP contribution in [0.4, 0.5) is 5.69 Å². The van der Waals surface area contributed by atoms with Gasteiger partial charge in [-0.15, -0.1) is 0 Å². The van der Waals surface area contributed by atoms with Crippen molar-refractivity contribution in [3.05, 3.63) is 24.4 Å². The molecule has 1 aromatic heterocycles. The van der Waals surface area contributed by atoms with Gasteiger partial charge in [0.15, 0.2) is 5.17 Å².